The highest BCUT2D eigenvalue weighted by Crippen LogP contribution is 2.56. The molecule has 0 radical (unpaired) electrons. The van der Waals surface area contributed by atoms with E-state index in [1.54, 1.807) is 0 Å². The van der Waals surface area contributed by atoms with Gasteiger partial charge in [0.1, 0.15) is 0 Å². The summed E-state index contributed by atoms with van der Waals surface area (Å²) in [7, 11) is 0. The summed E-state index contributed by atoms with van der Waals surface area (Å²) < 4.78 is 0. The molecule has 13 heavy (non-hydrogen) atoms. The average molecular weight is 181 g/mol. The van der Waals surface area contributed by atoms with Crippen LogP contribution in [0, 0.1) is 11.8 Å². The maximum atomic E-state index is 10.4. The molecule has 4 atom stereocenters. The lowest BCUT2D eigenvalue weighted by molar-refractivity contribution is -0.00428. The van der Waals surface area contributed by atoms with E-state index >= 15 is 0 Å². The van der Waals surface area contributed by atoms with Crippen molar-refractivity contribution in [1.82, 2.24) is 0 Å². The van der Waals surface area contributed by atoms with Crippen molar-refractivity contribution in [2.24, 2.45) is 17.6 Å². The summed E-state index contributed by atoms with van der Waals surface area (Å²) >= 11 is 0. The highest BCUT2D eigenvalue weighted by molar-refractivity contribution is 5.09. The van der Waals surface area contributed by atoms with Crippen molar-refractivity contribution < 1.29 is 5.11 Å². The fraction of sp³-hybridized carbons (Fsp3) is 1.00. The molecule has 0 aliphatic heterocycles. The lowest BCUT2D eigenvalue weighted by atomic mass is 9.74. The Balaban J connectivity index is 1.99. The zero-order valence-corrected chi connectivity index (χ0v) is 8.13. The Kier molecular flexibility index (Phi) is 1.45. The number of aliphatic hydroxyl groups is 1. The van der Waals surface area contributed by atoms with Gasteiger partial charge in [0.2, 0.25) is 0 Å². The summed E-state index contributed by atoms with van der Waals surface area (Å²) in [4.78, 5) is 0. The second-order valence-corrected chi connectivity index (χ2v) is 5.73. The van der Waals surface area contributed by atoms with Gasteiger partial charge in [-0.1, -0.05) is 0 Å². The predicted molar refractivity (Wildman–Crippen MR) is 51.2 cm³/mol. The highest BCUT2D eigenvalue weighted by atomic mass is 16.3. The van der Waals surface area contributed by atoms with Gasteiger partial charge in [-0.05, 0) is 56.8 Å². The molecule has 3 saturated carbocycles. The largest absolute Gasteiger partial charge is 0.390 e. The molecule has 2 nitrogen and oxygen atoms in total. The van der Waals surface area contributed by atoms with E-state index in [0.29, 0.717) is 5.92 Å². The normalized spacial score (nSPS) is 59.5. The number of rotatable bonds is 0. The Bertz CT molecular complexity index is 240. The Labute approximate surface area is 79.5 Å². The van der Waals surface area contributed by atoms with Gasteiger partial charge in [-0.3, -0.25) is 0 Å². The van der Waals surface area contributed by atoms with Crippen molar-refractivity contribution in [3.63, 3.8) is 0 Å². The first-order valence-corrected chi connectivity index (χ1v) is 5.61. The molecule has 3 N–H and O–H groups in total. The molecule has 0 amide bonds. The fourth-order valence-corrected chi connectivity index (χ4v) is 4.21. The predicted octanol–water partition coefficient (Wildman–Crippen LogP) is 1.42. The van der Waals surface area contributed by atoms with Gasteiger partial charge in [-0.25, -0.2) is 0 Å². The minimum atomic E-state index is -0.317. The van der Waals surface area contributed by atoms with E-state index in [0.717, 1.165) is 38.0 Å². The first-order valence-electron chi connectivity index (χ1n) is 5.61. The van der Waals surface area contributed by atoms with Crippen molar-refractivity contribution in [1.29, 1.82) is 0 Å². The van der Waals surface area contributed by atoms with Gasteiger partial charge in [0.05, 0.1) is 5.60 Å². The fourth-order valence-electron chi connectivity index (χ4n) is 4.21. The monoisotopic (exact) mass is 181 g/mol. The Morgan fingerprint density at radius 2 is 2.00 bits per heavy atom. The maximum Gasteiger partial charge on any atom is 0.0679 e. The van der Waals surface area contributed by atoms with Crippen LogP contribution in [-0.2, 0) is 0 Å². The van der Waals surface area contributed by atoms with Crippen LogP contribution in [-0.4, -0.2) is 16.2 Å². The van der Waals surface area contributed by atoms with Crippen molar-refractivity contribution in [3.8, 4) is 0 Å². The van der Waals surface area contributed by atoms with E-state index in [2.05, 4.69) is 0 Å². The molecular weight excluding hydrogens is 162 g/mol. The number of fused-ring (bicyclic) bond motifs is 2. The van der Waals surface area contributed by atoms with Crippen molar-refractivity contribution in [2.45, 2.75) is 56.1 Å². The first kappa shape index (κ1) is 8.25. The maximum absolute atomic E-state index is 10.4. The smallest absolute Gasteiger partial charge is 0.0679 e. The average Bonchev–Trinajstić information content (AvgIpc) is 2.17. The van der Waals surface area contributed by atoms with Crippen LogP contribution >= 0.6 is 0 Å². The van der Waals surface area contributed by atoms with E-state index in [9.17, 15) is 5.11 Å². The molecule has 0 aromatic heterocycles. The van der Waals surface area contributed by atoms with Crippen molar-refractivity contribution in [2.75, 3.05) is 0 Å². The number of hydrogen-bond acceptors (Lipinski definition) is 2. The van der Waals surface area contributed by atoms with Crippen LogP contribution in [0.15, 0.2) is 0 Å². The van der Waals surface area contributed by atoms with Crippen LogP contribution in [0.4, 0.5) is 0 Å². The zero-order valence-electron chi connectivity index (χ0n) is 8.13. The molecule has 0 heterocycles. The molecule has 3 bridgehead atoms. The van der Waals surface area contributed by atoms with Gasteiger partial charge in [-0.15, -0.1) is 0 Å². The van der Waals surface area contributed by atoms with Gasteiger partial charge >= 0.3 is 0 Å². The van der Waals surface area contributed by atoms with Crippen LogP contribution in [0.3, 0.4) is 0 Å². The molecule has 3 rings (SSSR count). The summed E-state index contributed by atoms with van der Waals surface area (Å²) in [6.45, 7) is 0. The molecule has 3 fully saturated rings. The standard InChI is InChI=1S/C11H19NO/c12-10-2-1-3-11(13)6-8(5-10)4-9(11)7-10/h8-9,13H,1-7,12H2/t8-,9?,10?,11+/m0/s1. The van der Waals surface area contributed by atoms with Crippen LogP contribution < -0.4 is 5.73 Å². The highest BCUT2D eigenvalue weighted by Gasteiger charge is 2.54. The van der Waals surface area contributed by atoms with Crippen molar-refractivity contribution in [3.05, 3.63) is 0 Å². The Hall–Kier alpha value is -0.0800. The summed E-state index contributed by atoms with van der Waals surface area (Å²) in [5.74, 6) is 1.26. The molecule has 3 aliphatic carbocycles. The van der Waals surface area contributed by atoms with Crippen molar-refractivity contribution >= 4 is 0 Å². The van der Waals surface area contributed by atoms with Gasteiger partial charge in [0.15, 0.2) is 0 Å². The van der Waals surface area contributed by atoms with Crippen LogP contribution in [0.1, 0.15) is 44.9 Å². The molecule has 0 aromatic rings. The van der Waals surface area contributed by atoms with Gasteiger partial charge in [-0.2, -0.15) is 0 Å². The molecule has 0 spiro atoms. The molecule has 0 aromatic carbocycles. The molecular formula is C11H19NO. The lowest BCUT2D eigenvalue weighted by Gasteiger charge is -2.36. The quantitative estimate of drug-likeness (QED) is 0.593. The molecule has 74 valence electrons. The number of hydrogen-bond donors (Lipinski definition) is 2. The first-order chi connectivity index (χ1) is 6.10. The zero-order chi connectivity index (χ0) is 9.10. The summed E-state index contributed by atoms with van der Waals surface area (Å²) in [5.41, 5.74) is 6.14. The summed E-state index contributed by atoms with van der Waals surface area (Å²) in [5, 5.41) is 10.4. The summed E-state index contributed by atoms with van der Waals surface area (Å²) in [6, 6.07) is 0. The summed E-state index contributed by atoms with van der Waals surface area (Å²) in [6.07, 6.45) is 7.82. The van der Waals surface area contributed by atoms with E-state index in [1.807, 2.05) is 0 Å². The SMILES string of the molecule is NC12CCC[C@@]3(O)C[C@@H](CC3C1)C2. The lowest BCUT2D eigenvalue weighted by Crippen LogP contribution is -2.45. The van der Waals surface area contributed by atoms with E-state index in [4.69, 9.17) is 5.73 Å². The third-order valence-corrected chi connectivity index (χ3v) is 4.65. The topological polar surface area (TPSA) is 46.2 Å². The van der Waals surface area contributed by atoms with Crippen LogP contribution in [0.5, 0.6) is 0 Å². The minimum absolute atomic E-state index is 0.0918. The van der Waals surface area contributed by atoms with E-state index in [-0.39, 0.29) is 11.1 Å². The molecule has 2 unspecified atom stereocenters. The second kappa shape index (κ2) is 2.29. The third-order valence-electron chi connectivity index (χ3n) is 4.65. The Morgan fingerprint density at radius 3 is 2.85 bits per heavy atom. The van der Waals surface area contributed by atoms with Crippen LogP contribution in [0.2, 0.25) is 0 Å². The minimum Gasteiger partial charge on any atom is -0.390 e. The van der Waals surface area contributed by atoms with E-state index in [1.165, 1.54) is 12.8 Å². The third kappa shape index (κ3) is 1.08. The second-order valence-electron chi connectivity index (χ2n) is 5.73. The van der Waals surface area contributed by atoms with E-state index < -0.39 is 0 Å². The Morgan fingerprint density at radius 1 is 1.15 bits per heavy atom. The van der Waals surface area contributed by atoms with Gasteiger partial charge in [0, 0.05) is 5.54 Å². The molecule has 3 aliphatic rings. The van der Waals surface area contributed by atoms with Gasteiger partial charge < -0.3 is 10.8 Å². The molecule has 0 saturated heterocycles. The van der Waals surface area contributed by atoms with Gasteiger partial charge in [0.25, 0.3) is 0 Å². The van der Waals surface area contributed by atoms with Crippen LogP contribution in [0.25, 0.3) is 0 Å². The number of nitrogens with two attached hydrogens (primary N) is 1. The molecule has 2 heteroatoms.